The number of nitrogens with zero attached hydrogens (tertiary/aromatic N) is 2. The highest BCUT2D eigenvalue weighted by Gasteiger charge is 2.09. The van der Waals surface area contributed by atoms with E-state index in [0.29, 0.717) is 5.02 Å². The summed E-state index contributed by atoms with van der Waals surface area (Å²) in [6.45, 7) is -0.411. The van der Waals surface area contributed by atoms with Crippen LogP contribution in [0.5, 0.6) is 5.88 Å². The maximum atomic E-state index is 10.4. The predicted molar refractivity (Wildman–Crippen MR) is 66.8 cm³/mol. The molecule has 0 fully saturated rings. The lowest BCUT2D eigenvalue weighted by Crippen LogP contribution is -2.09. The van der Waals surface area contributed by atoms with Crippen molar-refractivity contribution in [2.75, 3.05) is 6.61 Å². The van der Waals surface area contributed by atoms with Gasteiger partial charge in [0.25, 0.3) is 0 Å². The summed E-state index contributed by atoms with van der Waals surface area (Å²) in [6, 6.07) is 8.99. The van der Waals surface area contributed by atoms with Crippen molar-refractivity contribution < 1.29 is 14.6 Å². The first-order chi connectivity index (χ1) is 8.56. The molecule has 0 aliphatic heterocycles. The molecule has 0 aliphatic carbocycles. The summed E-state index contributed by atoms with van der Waals surface area (Å²) in [4.78, 5) is 10.4. The van der Waals surface area contributed by atoms with Gasteiger partial charge in [-0.15, -0.1) is 5.10 Å². The van der Waals surface area contributed by atoms with Crippen molar-refractivity contribution >= 4 is 17.6 Å². The van der Waals surface area contributed by atoms with Gasteiger partial charge in [0.2, 0.25) is 5.88 Å². The first kappa shape index (κ1) is 12.4. The number of benzene rings is 1. The number of aryl methyl sites for hydroxylation is 1. The Kier molecular flexibility index (Phi) is 3.53. The minimum atomic E-state index is -1.04. The average Bonchev–Trinajstić information content (AvgIpc) is 2.68. The van der Waals surface area contributed by atoms with E-state index >= 15 is 0 Å². The minimum absolute atomic E-state index is 0.273. The monoisotopic (exact) mass is 266 g/mol. The Morgan fingerprint density at radius 1 is 1.50 bits per heavy atom. The Hall–Kier alpha value is -2.01. The fraction of sp³-hybridized carbons (Fsp3) is 0.167. The molecule has 0 radical (unpaired) electrons. The van der Waals surface area contributed by atoms with Crippen LogP contribution >= 0.6 is 11.6 Å². The van der Waals surface area contributed by atoms with Crippen LogP contribution in [0, 0.1) is 0 Å². The quantitative estimate of drug-likeness (QED) is 0.921. The first-order valence-electron chi connectivity index (χ1n) is 5.21. The second-order valence-corrected chi connectivity index (χ2v) is 4.12. The van der Waals surface area contributed by atoms with Crippen LogP contribution in [0.3, 0.4) is 0 Å². The van der Waals surface area contributed by atoms with E-state index in [0.717, 1.165) is 11.3 Å². The Balaban J connectivity index is 2.26. The minimum Gasteiger partial charge on any atom is -0.479 e. The van der Waals surface area contributed by atoms with Gasteiger partial charge in [-0.3, -0.25) is 4.68 Å². The van der Waals surface area contributed by atoms with Crippen molar-refractivity contribution in [2.45, 2.75) is 0 Å². The third-order valence-corrected chi connectivity index (χ3v) is 2.56. The van der Waals surface area contributed by atoms with Crippen molar-refractivity contribution in [3.63, 3.8) is 0 Å². The maximum absolute atomic E-state index is 10.4. The number of ether oxygens (including phenoxy) is 1. The SMILES string of the molecule is Cn1nc(OCC(=O)O)cc1-c1cccc(Cl)c1. The summed E-state index contributed by atoms with van der Waals surface area (Å²) in [5, 5.41) is 13.2. The van der Waals surface area contributed by atoms with Gasteiger partial charge in [0.15, 0.2) is 6.61 Å². The molecule has 0 unspecified atom stereocenters. The van der Waals surface area contributed by atoms with E-state index in [1.807, 2.05) is 12.1 Å². The number of hydrogen-bond acceptors (Lipinski definition) is 3. The molecule has 0 saturated heterocycles. The smallest absolute Gasteiger partial charge is 0.341 e. The summed E-state index contributed by atoms with van der Waals surface area (Å²) in [5.74, 6) is -0.764. The van der Waals surface area contributed by atoms with Gasteiger partial charge < -0.3 is 9.84 Å². The second kappa shape index (κ2) is 5.10. The van der Waals surface area contributed by atoms with Gasteiger partial charge in [-0.05, 0) is 12.1 Å². The topological polar surface area (TPSA) is 64.4 Å². The van der Waals surface area contributed by atoms with Crippen LogP contribution in [-0.2, 0) is 11.8 Å². The summed E-state index contributed by atoms with van der Waals surface area (Å²) in [7, 11) is 1.75. The molecule has 0 aliphatic rings. The molecule has 5 nitrogen and oxygen atoms in total. The van der Waals surface area contributed by atoms with Gasteiger partial charge in [0.1, 0.15) is 0 Å². The van der Waals surface area contributed by atoms with Gasteiger partial charge >= 0.3 is 5.97 Å². The van der Waals surface area contributed by atoms with Crippen molar-refractivity contribution in [2.24, 2.45) is 7.05 Å². The molecule has 94 valence electrons. The number of carboxylic acid groups (broad SMARTS) is 1. The number of halogens is 1. The summed E-state index contributed by atoms with van der Waals surface area (Å²) >= 11 is 5.92. The number of aliphatic carboxylic acids is 1. The standard InChI is InChI=1S/C12H11ClN2O3/c1-15-10(8-3-2-4-9(13)5-8)6-11(14-15)18-7-12(16)17/h2-6H,7H2,1H3,(H,16,17). The fourth-order valence-corrected chi connectivity index (χ4v) is 1.76. The number of carboxylic acids is 1. The van der Waals surface area contributed by atoms with Crippen molar-refractivity contribution in [3.05, 3.63) is 35.4 Å². The molecule has 0 spiro atoms. The van der Waals surface area contributed by atoms with E-state index in [1.165, 1.54) is 0 Å². The Morgan fingerprint density at radius 3 is 2.94 bits per heavy atom. The molecule has 1 aromatic carbocycles. The van der Waals surface area contributed by atoms with Crippen LogP contribution in [-0.4, -0.2) is 27.5 Å². The van der Waals surface area contributed by atoms with Gasteiger partial charge in [0.05, 0.1) is 5.69 Å². The van der Waals surface area contributed by atoms with Crippen molar-refractivity contribution in [1.82, 2.24) is 9.78 Å². The van der Waals surface area contributed by atoms with Gasteiger partial charge in [-0.2, -0.15) is 0 Å². The van der Waals surface area contributed by atoms with Crippen LogP contribution in [0.15, 0.2) is 30.3 Å². The van der Waals surface area contributed by atoms with Crippen LogP contribution in [0.2, 0.25) is 5.02 Å². The van der Waals surface area contributed by atoms with Crippen molar-refractivity contribution in [1.29, 1.82) is 0 Å². The predicted octanol–water partition coefficient (Wildman–Crippen LogP) is 2.20. The Morgan fingerprint density at radius 2 is 2.28 bits per heavy atom. The molecule has 0 saturated carbocycles. The zero-order chi connectivity index (χ0) is 13.1. The van der Waals surface area contributed by atoms with E-state index < -0.39 is 12.6 Å². The molecule has 6 heteroatoms. The summed E-state index contributed by atoms with van der Waals surface area (Å²) < 4.78 is 6.63. The summed E-state index contributed by atoms with van der Waals surface area (Å²) in [6.07, 6.45) is 0. The molecule has 0 amide bonds. The largest absolute Gasteiger partial charge is 0.479 e. The molecule has 2 rings (SSSR count). The molecular formula is C12H11ClN2O3. The highest BCUT2D eigenvalue weighted by atomic mass is 35.5. The first-order valence-corrected chi connectivity index (χ1v) is 5.58. The van der Waals surface area contributed by atoms with Crippen molar-refractivity contribution in [3.8, 4) is 17.1 Å². The van der Waals surface area contributed by atoms with E-state index in [2.05, 4.69) is 5.10 Å². The molecule has 18 heavy (non-hydrogen) atoms. The molecule has 0 atom stereocenters. The second-order valence-electron chi connectivity index (χ2n) is 3.68. The highest BCUT2D eigenvalue weighted by Crippen LogP contribution is 2.25. The van der Waals surface area contributed by atoms with Crippen LogP contribution in [0.25, 0.3) is 11.3 Å². The Labute approximate surface area is 109 Å². The normalized spacial score (nSPS) is 10.3. The lowest BCUT2D eigenvalue weighted by molar-refractivity contribution is -0.139. The van der Waals surface area contributed by atoms with Gasteiger partial charge in [-0.25, -0.2) is 4.79 Å². The van der Waals surface area contributed by atoms with E-state index in [1.54, 1.807) is 29.9 Å². The zero-order valence-corrected chi connectivity index (χ0v) is 10.4. The van der Waals surface area contributed by atoms with Gasteiger partial charge in [-0.1, -0.05) is 23.7 Å². The lowest BCUT2D eigenvalue weighted by atomic mass is 10.1. The average molecular weight is 267 g/mol. The lowest BCUT2D eigenvalue weighted by Gasteiger charge is -2.01. The van der Waals surface area contributed by atoms with E-state index in [-0.39, 0.29) is 5.88 Å². The van der Waals surface area contributed by atoms with E-state index in [9.17, 15) is 4.79 Å². The zero-order valence-electron chi connectivity index (χ0n) is 9.63. The van der Waals surface area contributed by atoms with Gasteiger partial charge in [0, 0.05) is 23.7 Å². The maximum Gasteiger partial charge on any atom is 0.341 e. The Bertz CT molecular complexity index is 580. The van der Waals surface area contributed by atoms with Crippen LogP contribution in [0.1, 0.15) is 0 Å². The highest BCUT2D eigenvalue weighted by molar-refractivity contribution is 6.30. The summed E-state index contributed by atoms with van der Waals surface area (Å²) in [5.41, 5.74) is 1.69. The number of aromatic nitrogens is 2. The molecule has 0 bridgehead atoms. The number of hydrogen-bond donors (Lipinski definition) is 1. The number of carbonyl (C=O) groups is 1. The van der Waals surface area contributed by atoms with Crippen LogP contribution in [0.4, 0.5) is 0 Å². The molecular weight excluding hydrogens is 256 g/mol. The third kappa shape index (κ3) is 2.81. The molecule has 1 heterocycles. The van der Waals surface area contributed by atoms with Crippen LogP contribution < -0.4 is 4.74 Å². The molecule has 1 N–H and O–H groups in total. The third-order valence-electron chi connectivity index (χ3n) is 2.32. The molecule has 2 aromatic rings. The molecule has 1 aromatic heterocycles. The number of rotatable bonds is 4. The fourth-order valence-electron chi connectivity index (χ4n) is 1.57. The van der Waals surface area contributed by atoms with E-state index in [4.69, 9.17) is 21.4 Å².